The van der Waals surface area contributed by atoms with Crippen molar-refractivity contribution in [2.24, 2.45) is 5.92 Å². The molecule has 1 fully saturated rings. The van der Waals surface area contributed by atoms with Crippen molar-refractivity contribution in [3.8, 4) is 17.1 Å². The van der Waals surface area contributed by atoms with Crippen LogP contribution in [0, 0.1) is 5.92 Å². The maximum atomic E-state index is 5.82. The van der Waals surface area contributed by atoms with Crippen LogP contribution in [0.1, 0.15) is 12.8 Å². The SMILES string of the molecule is COc1ccc(N)cc1-c1nnnn1CC1CC1. The number of tetrazole rings is 1. The Morgan fingerprint density at radius 2 is 2.28 bits per heavy atom. The Balaban J connectivity index is 2.02. The molecule has 2 aromatic rings. The van der Waals surface area contributed by atoms with Crippen LogP contribution in [0.4, 0.5) is 5.69 Å². The van der Waals surface area contributed by atoms with Gasteiger partial charge in [0.2, 0.25) is 0 Å². The predicted molar refractivity (Wildman–Crippen MR) is 66.9 cm³/mol. The molecule has 18 heavy (non-hydrogen) atoms. The van der Waals surface area contributed by atoms with E-state index >= 15 is 0 Å². The maximum Gasteiger partial charge on any atom is 0.185 e. The van der Waals surface area contributed by atoms with Gasteiger partial charge in [-0.3, -0.25) is 0 Å². The molecule has 3 rings (SSSR count). The van der Waals surface area contributed by atoms with E-state index in [1.807, 2.05) is 16.8 Å². The van der Waals surface area contributed by atoms with Crippen molar-refractivity contribution >= 4 is 5.69 Å². The lowest BCUT2D eigenvalue weighted by Gasteiger charge is -2.09. The highest BCUT2D eigenvalue weighted by molar-refractivity contribution is 5.68. The lowest BCUT2D eigenvalue weighted by atomic mass is 10.1. The molecule has 2 N–H and O–H groups in total. The summed E-state index contributed by atoms with van der Waals surface area (Å²) < 4.78 is 7.16. The number of rotatable bonds is 4. The minimum Gasteiger partial charge on any atom is -0.496 e. The molecule has 1 aliphatic carbocycles. The van der Waals surface area contributed by atoms with Gasteiger partial charge >= 0.3 is 0 Å². The second kappa shape index (κ2) is 4.29. The first-order valence-corrected chi connectivity index (χ1v) is 5.98. The highest BCUT2D eigenvalue weighted by atomic mass is 16.5. The van der Waals surface area contributed by atoms with E-state index in [0.29, 0.717) is 17.4 Å². The molecular formula is C12H15N5O. The summed E-state index contributed by atoms with van der Waals surface area (Å²) in [5, 5.41) is 11.9. The molecule has 1 heterocycles. The Hall–Kier alpha value is -2.11. The summed E-state index contributed by atoms with van der Waals surface area (Å²) in [6.45, 7) is 0.861. The number of methoxy groups -OCH3 is 1. The lowest BCUT2D eigenvalue weighted by Crippen LogP contribution is -2.05. The van der Waals surface area contributed by atoms with Gasteiger partial charge in [0.05, 0.1) is 12.7 Å². The molecule has 6 nitrogen and oxygen atoms in total. The van der Waals surface area contributed by atoms with Crippen LogP contribution in [0.25, 0.3) is 11.4 Å². The fourth-order valence-electron chi connectivity index (χ4n) is 1.97. The number of anilines is 1. The fourth-order valence-corrected chi connectivity index (χ4v) is 1.97. The molecule has 1 aromatic heterocycles. The highest BCUT2D eigenvalue weighted by Crippen LogP contribution is 2.34. The Morgan fingerprint density at radius 3 is 3.00 bits per heavy atom. The molecule has 0 bridgehead atoms. The van der Waals surface area contributed by atoms with Crippen LogP contribution in [-0.2, 0) is 6.54 Å². The van der Waals surface area contributed by atoms with Gasteiger partial charge in [0.25, 0.3) is 0 Å². The van der Waals surface area contributed by atoms with Crippen molar-refractivity contribution in [3.63, 3.8) is 0 Å². The minimum absolute atomic E-state index is 0.673. The number of ether oxygens (including phenoxy) is 1. The first-order chi connectivity index (χ1) is 8.78. The molecule has 0 atom stereocenters. The molecule has 6 heteroatoms. The van der Waals surface area contributed by atoms with E-state index in [4.69, 9.17) is 10.5 Å². The number of hydrogen-bond acceptors (Lipinski definition) is 5. The third-order valence-electron chi connectivity index (χ3n) is 3.12. The van der Waals surface area contributed by atoms with E-state index < -0.39 is 0 Å². The number of aromatic nitrogens is 4. The second-order valence-electron chi connectivity index (χ2n) is 4.59. The van der Waals surface area contributed by atoms with E-state index in [-0.39, 0.29) is 0 Å². The minimum atomic E-state index is 0.673. The van der Waals surface area contributed by atoms with Gasteiger partial charge in [-0.25, -0.2) is 4.68 Å². The van der Waals surface area contributed by atoms with Crippen LogP contribution in [0.15, 0.2) is 18.2 Å². The molecular weight excluding hydrogens is 230 g/mol. The fraction of sp³-hybridized carbons (Fsp3) is 0.417. The summed E-state index contributed by atoms with van der Waals surface area (Å²) in [6.07, 6.45) is 2.51. The third kappa shape index (κ3) is 2.01. The zero-order valence-electron chi connectivity index (χ0n) is 10.2. The van der Waals surface area contributed by atoms with E-state index in [2.05, 4.69) is 15.5 Å². The van der Waals surface area contributed by atoms with E-state index in [1.54, 1.807) is 13.2 Å². The van der Waals surface area contributed by atoms with E-state index in [9.17, 15) is 0 Å². The van der Waals surface area contributed by atoms with Crippen LogP contribution >= 0.6 is 0 Å². The third-order valence-corrected chi connectivity index (χ3v) is 3.12. The molecule has 1 aliphatic rings. The first-order valence-electron chi connectivity index (χ1n) is 5.98. The van der Waals surface area contributed by atoms with Gasteiger partial charge < -0.3 is 10.5 Å². The molecule has 0 aliphatic heterocycles. The van der Waals surface area contributed by atoms with Gasteiger partial charge in [-0.05, 0) is 47.4 Å². The Morgan fingerprint density at radius 1 is 1.44 bits per heavy atom. The van der Waals surface area contributed by atoms with E-state index in [0.717, 1.165) is 17.9 Å². The standard InChI is InChI=1S/C12H15N5O/c1-18-11-5-4-9(13)6-10(11)12-14-15-16-17(12)7-8-2-3-8/h4-6,8H,2-3,7,13H2,1H3. The highest BCUT2D eigenvalue weighted by Gasteiger charge is 2.24. The largest absolute Gasteiger partial charge is 0.496 e. The normalized spacial score (nSPS) is 14.7. The van der Waals surface area contributed by atoms with Gasteiger partial charge in [-0.15, -0.1) is 5.10 Å². The van der Waals surface area contributed by atoms with Crippen LogP contribution in [0.5, 0.6) is 5.75 Å². The van der Waals surface area contributed by atoms with Crippen LogP contribution < -0.4 is 10.5 Å². The van der Waals surface area contributed by atoms with Gasteiger partial charge in [-0.1, -0.05) is 0 Å². The molecule has 1 aromatic carbocycles. The number of hydrogen-bond donors (Lipinski definition) is 1. The van der Waals surface area contributed by atoms with Crippen LogP contribution in [-0.4, -0.2) is 27.3 Å². The van der Waals surface area contributed by atoms with Crippen molar-refractivity contribution in [2.45, 2.75) is 19.4 Å². The summed E-state index contributed by atoms with van der Waals surface area (Å²) in [7, 11) is 1.63. The topological polar surface area (TPSA) is 78.8 Å². The molecule has 0 unspecified atom stereocenters. The van der Waals surface area contributed by atoms with Gasteiger partial charge in [0.15, 0.2) is 5.82 Å². The van der Waals surface area contributed by atoms with Gasteiger partial charge in [-0.2, -0.15) is 0 Å². The summed E-state index contributed by atoms with van der Waals surface area (Å²) in [6, 6.07) is 5.48. The summed E-state index contributed by atoms with van der Waals surface area (Å²) in [5.41, 5.74) is 7.33. The predicted octanol–water partition coefficient (Wildman–Crippen LogP) is 1.34. The molecule has 0 saturated heterocycles. The first kappa shape index (κ1) is 11.0. The smallest absolute Gasteiger partial charge is 0.185 e. The number of nitrogen functional groups attached to an aromatic ring is 1. The number of benzene rings is 1. The van der Waals surface area contributed by atoms with Crippen molar-refractivity contribution in [1.82, 2.24) is 20.2 Å². The summed E-state index contributed by atoms with van der Waals surface area (Å²) in [4.78, 5) is 0. The van der Waals surface area contributed by atoms with Gasteiger partial charge in [0, 0.05) is 12.2 Å². The van der Waals surface area contributed by atoms with Crippen LogP contribution in [0.2, 0.25) is 0 Å². The number of nitrogens with two attached hydrogens (primary N) is 1. The Bertz CT molecular complexity index is 561. The lowest BCUT2D eigenvalue weighted by molar-refractivity contribution is 0.415. The second-order valence-corrected chi connectivity index (χ2v) is 4.59. The summed E-state index contributed by atoms with van der Waals surface area (Å²) in [5.74, 6) is 2.15. The zero-order chi connectivity index (χ0) is 12.5. The Labute approximate surface area is 105 Å². The monoisotopic (exact) mass is 245 g/mol. The molecule has 0 radical (unpaired) electrons. The maximum absolute atomic E-state index is 5.82. The molecule has 0 amide bonds. The van der Waals surface area contributed by atoms with E-state index in [1.165, 1.54) is 12.8 Å². The van der Waals surface area contributed by atoms with Gasteiger partial charge in [0.1, 0.15) is 5.75 Å². The molecule has 0 spiro atoms. The van der Waals surface area contributed by atoms with Crippen molar-refractivity contribution in [3.05, 3.63) is 18.2 Å². The average molecular weight is 245 g/mol. The zero-order valence-corrected chi connectivity index (χ0v) is 10.2. The molecule has 1 saturated carbocycles. The summed E-state index contributed by atoms with van der Waals surface area (Å²) >= 11 is 0. The van der Waals surface area contributed by atoms with Crippen molar-refractivity contribution < 1.29 is 4.74 Å². The average Bonchev–Trinajstić information content (AvgIpc) is 3.06. The Kier molecular flexibility index (Phi) is 2.62. The van der Waals surface area contributed by atoms with Crippen molar-refractivity contribution in [2.75, 3.05) is 12.8 Å². The van der Waals surface area contributed by atoms with Crippen molar-refractivity contribution in [1.29, 1.82) is 0 Å². The quantitative estimate of drug-likeness (QED) is 0.822. The van der Waals surface area contributed by atoms with Crippen LogP contribution in [0.3, 0.4) is 0 Å². The molecule has 94 valence electrons. The number of nitrogens with zero attached hydrogens (tertiary/aromatic N) is 4.